The number of aliphatic hydroxyl groups is 1. The number of hydrogen-bond acceptors (Lipinski definition) is 6. The van der Waals surface area contributed by atoms with Crippen LogP contribution < -0.4 is 9.47 Å². The van der Waals surface area contributed by atoms with Gasteiger partial charge >= 0.3 is 0 Å². The minimum absolute atomic E-state index is 0.0732. The first-order chi connectivity index (χ1) is 16.4. The summed E-state index contributed by atoms with van der Waals surface area (Å²) >= 11 is 0. The van der Waals surface area contributed by atoms with Gasteiger partial charge in [-0.15, -0.1) is 0 Å². The van der Waals surface area contributed by atoms with E-state index in [1.165, 1.54) is 4.90 Å². The standard InChI is InChI=1S/C27H34N2O5/c1-5-15-33-21-11-7-9-19(17-21)24-23(26(31)27(32)29(24)14-13-28(3)4)25(30)20-10-8-12-22(18-20)34-16-6-2/h7-12,17-18,24,30H,5-6,13-16H2,1-4H3/b25-23-. The van der Waals surface area contributed by atoms with Crippen LogP contribution in [0.2, 0.25) is 0 Å². The van der Waals surface area contributed by atoms with Crippen LogP contribution >= 0.6 is 0 Å². The Balaban J connectivity index is 2.09. The molecule has 1 aliphatic rings. The first-order valence-corrected chi connectivity index (χ1v) is 11.8. The van der Waals surface area contributed by atoms with Gasteiger partial charge in [-0.1, -0.05) is 38.1 Å². The number of carbonyl (C=O) groups is 2. The van der Waals surface area contributed by atoms with Crippen molar-refractivity contribution in [2.45, 2.75) is 32.7 Å². The molecule has 1 fully saturated rings. The molecule has 0 radical (unpaired) electrons. The number of likely N-dealkylation sites (tertiary alicyclic amines) is 1. The predicted molar refractivity (Wildman–Crippen MR) is 132 cm³/mol. The van der Waals surface area contributed by atoms with E-state index in [1.54, 1.807) is 24.3 Å². The van der Waals surface area contributed by atoms with Crippen LogP contribution in [-0.2, 0) is 9.59 Å². The molecule has 1 saturated heterocycles. The minimum atomic E-state index is -0.717. The summed E-state index contributed by atoms with van der Waals surface area (Å²) in [6.07, 6.45) is 1.71. The monoisotopic (exact) mass is 466 g/mol. The summed E-state index contributed by atoms with van der Waals surface area (Å²) in [6, 6.07) is 13.6. The second-order valence-electron chi connectivity index (χ2n) is 8.59. The SMILES string of the molecule is CCCOc1cccc(/C(O)=C2/C(=O)C(=O)N(CCN(C)C)C2c2cccc(OCCC)c2)c1. The Bertz CT molecular complexity index is 1050. The van der Waals surface area contributed by atoms with Gasteiger partial charge in [0.15, 0.2) is 0 Å². The summed E-state index contributed by atoms with van der Waals surface area (Å²) in [6.45, 7) is 6.07. The quantitative estimate of drug-likeness (QED) is 0.303. The van der Waals surface area contributed by atoms with E-state index in [0.717, 1.165) is 12.8 Å². The molecule has 1 amide bonds. The van der Waals surface area contributed by atoms with Crippen LogP contribution in [0, 0.1) is 0 Å². The number of benzene rings is 2. The highest BCUT2D eigenvalue weighted by atomic mass is 16.5. The van der Waals surface area contributed by atoms with Crippen molar-refractivity contribution in [1.29, 1.82) is 0 Å². The average molecular weight is 467 g/mol. The fraction of sp³-hybridized carbons (Fsp3) is 0.407. The van der Waals surface area contributed by atoms with Crippen molar-refractivity contribution in [2.75, 3.05) is 40.4 Å². The largest absolute Gasteiger partial charge is 0.507 e. The van der Waals surface area contributed by atoms with E-state index in [-0.39, 0.29) is 11.3 Å². The summed E-state index contributed by atoms with van der Waals surface area (Å²) in [5.41, 5.74) is 1.22. The molecular formula is C27H34N2O5. The first kappa shape index (κ1) is 25.3. The number of ketones is 1. The molecule has 0 bridgehead atoms. The number of Topliss-reactive ketones (excluding diaryl/α,β-unsaturated/α-hetero) is 1. The number of ether oxygens (including phenoxy) is 2. The van der Waals surface area contributed by atoms with Crippen molar-refractivity contribution in [1.82, 2.24) is 9.80 Å². The van der Waals surface area contributed by atoms with Gasteiger partial charge in [-0.3, -0.25) is 9.59 Å². The van der Waals surface area contributed by atoms with Gasteiger partial charge in [0.25, 0.3) is 11.7 Å². The summed E-state index contributed by atoms with van der Waals surface area (Å²) in [5, 5.41) is 11.3. The summed E-state index contributed by atoms with van der Waals surface area (Å²) < 4.78 is 11.5. The van der Waals surface area contributed by atoms with E-state index in [2.05, 4.69) is 0 Å². The molecule has 0 aliphatic carbocycles. The van der Waals surface area contributed by atoms with Crippen LogP contribution in [0.4, 0.5) is 0 Å². The average Bonchev–Trinajstić information content (AvgIpc) is 3.09. The van der Waals surface area contributed by atoms with Gasteiger partial charge in [-0.2, -0.15) is 0 Å². The Morgan fingerprint density at radius 1 is 0.971 bits per heavy atom. The van der Waals surface area contributed by atoms with Gasteiger partial charge < -0.3 is 24.4 Å². The fourth-order valence-electron chi connectivity index (χ4n) is 3.87. The second kappa shape index (κ2) is 11.7. The molecule has 1 unspecified atom stereocenters. The molecule has 2 aromatic rings. The van der Waals surface area contributed by atoms with Crippen molar-refractivity contribution in [3.8, 4) is 11.5 Å². The molecule has 7 nitrogen and oxygen atoms in total. The molecule has 7 heteroatoms. The lowest BCUT2D eigenvalue weighted by atomic mass is 9.95. The molecular weight excluding hydrogens is 432 g/mol. The normalized spacial score (nSPS) is 17.4. The lowest BCUT2D eigenvalue weighted by Gasteiger charge is -2.27. The van der Waals surface area contributed by atoms with Crippen molar-refractivity contribution >= 4 is 17.4 Å². The van der Waals surface area contributed by atoms with Gasteiger partial charge in [-0.05, 0) is 56.8 Å². The smallest absolute Gasteiger partial charge is 0.295 e. The molecule has 2 aromatic carbocycles. The molecule has 34 heavy (non-hydrogen) atoms. The van der Waals surface area contributed by atoms with Crippen LogP contribution in [-0.4, -0.2) is 67.0 Å². The predicted octanol–water partition coefficient (Wildman–Crippen LogP) is 4.25. The number of amides is 1. The zero-order chi connectivity index (χ0) is 24.7. The van der Waals surface area contributed by atoms with Crippen LogP contribution in [0.15, 0.2) is 54.1 Å². The van der Waals surface area contributed by atoms with E-state index in [1.807, 2.05) is 57.1 Å². The van der Waals surface area contributed by atoms with Crippen molar-refractivity contribution in [2.24, 2.45) is 0 Å². The Morgan fingerprint density at radius 3 is 2.21 bits per heavy atom. The summed E-state index contributed by atoms with van der Waals surface area (Å²) in [4.78, 5) is 29.7. The zero-order valence-corrected chi connectivity index (χ0v) is 20.4. The van der Waals surface area contributed by atoms with Crippen molar-refractivity contribution < 1.29 is 24.2 Å². The molecule has 1 atom stereocenters. The van der Waals surface area contributed by atoms with Gasteiger partial charge in [0, 0.05) is 18.7 Å². The number of nitrogens with zero attached hydrogens (tertiary/aromatic N) is 2. The van der Waals surface area contributed by atoms with Gasteiger partial charge in [-0.25, -0.2) is 0 Å². The maximum atomic E-state index is 13.2. The van der Waals surface area contributed by atoms with E-state index in [0.29, 0.717) is 48.9 Å². The van der Waals surface area contributed by atoms with Gasteiger partial charge in [0.05, 0.1) is 24.8 Å². The van der Waals surface area contributed by atoms with Crippen LogP contribution in [0.3, 0.4) is 0 Å². The Kier molecular flexibility index (Phi) is 8.71. The summed E-state index contributed by atoms with van der Waals surface area (Å²) in [7, 11) is 3.82. The van der Waals surface area contributed by atoms with Crippen LogP contribution in [0.5, 0.6) is 11.5 Å². The zero-order valence-electron chi connectivity index (χ0n) is 20.4. The van der Waals surface area contributed by atoms with E-state index >= 15 is 0 Å². The molecule has 3 rings (SSSR count). The Morgan fingerprint density at radius 2 is 1.59 bits per heavy atom. The van der Waals surface area contributed by atoms with E-state index < -0.39 is 17.7 Å². The summed E-state index contributed by atoms with van der Waals surface area (Å²) in [5.74, 6) is -0.267. The molecule has 0 aromatic heterocycles. The van der Waals surface area contributed by atoms with Crippen LogP contribution in [0.25, 0.3) is 5.76 Å². The topological polar surface area (TPSA) is 79.3 Å². The second-order valence-corrected chi connectivity index (χ2v) is 8.59. The first-order valence-electron chi connectivity index (χ1n) is 11.8. The lowest BCUT2D eigenvalue weighted by Crippen LogP contribution is -2.35. The van der Waals surface area contributed by atoms with E-state index in [4.69, 9.17) is 9.47 Å². The molecule has 1 N–H and O–H groups in total. The highest BCUT2D eigenvalue weighted by Gasteiger charge is 2.46. The molecule has 0 saturated carbocycles. The molecule has 1 heterocycles. The van der Waals surface area contributed by atoms with Crippen molar-refractivity contribution in [3.63, 3.8) is 0 Å². The maximum Gasteiger partial charge on any atom is 0.295 e. The van der Waals surface area contributed by atoms with Crippen molar-refractivity contribution in [3.05, 3.63) is 65.2 Å². The van der Waals surface area contributed by atoms with E-state index in [9.17, 15) is 14.7 Å². The highest BCUT2D eigenvalue weighted by molar-refractivity contribution is 6.46. The minimum Gasteiger partial charge on any atom is -0.507 e. The number of aliphatic hydroxyl groups excluding tert-OH is 1. The lowest BCUT2D eigenvalue weighted by molar-refractivity contribution is -0.140. The van der Waals surface area contributed by atoms with Gasteiger partial charge in [0.2, 0.25) is 0 Å². The maximum absolute atomic E-state index is 13.2. The number of carbonyl (C=O) groups excluding carboxylic acids is 2. The Hall–Kier alpha value is -3.32. The molecule has 0 spiro atoms. The van der Waals surface area contributed by atoms with Gasteiger partial charge in [0.1, 0.15) is 17.3 Å². The third-order valence-electron chi connectivity index (χ3n) is 5.56. The number of likely N-dealkylation sites (N-methyl/N-ethyl adjacent to an activating group) is 1. The Labute approximate surface area is 201 Å². The third-order valence-corrected chi connectivity index (χ3v) is 5.56. The van der Waals surface area contributed by atoms with Crippen LogP contribution in [0.1, 0.15) is 43.9 Å². The molecule has 1 aliphatic heterocycles. The molecule has 182 valence electrons. The number of rotatable bonds is 11. The fourth-order valence-corrected chi connectivity index (χ4v) is 3.87. The number of hydrogen-bond donors (Lipinski definition) is 1. The highest BCUT2D eigenvalue weighted by Crippen LogP contribution is 2.40. The third kappa shape index (κ3) is 5.78.